The van der Waals surface area contributed by atoms with Crippen LogP contribution >= 0.6 is 35.6 Å². The van der Waals surface area contributed by atoms with Crippen LogP contribution in [0.3, 0.4) is 0 Å². The highest BCUT2D eigenvalue weighted by atomic mass is 35.5. The van der Waals surface area contributed by atoms with Gasteiger partial charge in [-0.3, -0.25) is 4.57 Å². The van der Waals surface area contributed by atoms with Crippen molar-refractivity contribution in [2.24, 2.45) is 7.05 Å². The minimum atomic E-state index is 0. The number of anilines is 2. The molecule has 0 saturated heterocycles. The first-order valence-corrected chi connectivity index (χ1v) is 8.41. The van der Waals surface area contributed by atoms with Crippen LogP contribution < -0.4 is 4.90 Å². The number of rotatable bonds is 3. The van der Waals surface area contributed by atoms with E-state index in [2.05, 4.69) is 14.8 Å². The second kappa shape index (κ2) is 7.73. The van der Waals surface area contributed by atoms with Gasteiger partial charge in [0.15, 0.2) is 0 Å². The first-order valence-electron chi connectivity index (χ1n) is 7.66. The number of nitrogens with zero attached hydrogens (tertiary/aromatic N) is 4. The molecule has 1 aliphatic rings. The van der Waals surface area contributed by atoms with Crippen LogP contribution in [0.15, 0.2) is 18.2 Å². The van der Waals surface area contributed by atoms with Gasteiger partial charge in [0.2, 0.25) is 5.95 Å². The Kier molecular flexibility index (Phi) is 6.18. The fourth-order valence-electron chi connectivity index (χ4n) is 3.15. The molecule has 2 aromatic rings. The first kappa shape index (κ1) is 18.4. The van der Waals surface area contributed by atoms with Gasteiger partial charge >= 0.3 is 0 Å². The molecular weight excluding hydrogens is 355 g/mol. The maximum absolute atomic E-state index is 6.11. The molecule has 126 valence electrons. The molecule has 7 heteroatoms. The molecule has 0 bridgehead atoms. The highest BCUT2D eigenvalue weighted by molar-refractivity contribution is 6.42. The molecule has 23 heavy (non-hydrogen) atoms. The number of benzene rings is 1. The van der Waals surface area contributed by atoms with Crippen molar-refractivity contribution in [3.63, 3.8) is 0 Å². The monoisotopic (exact) mass is 374 g/mol. The molecule has 1 aliphatic carbocycles. The van der Waals surface area contributed by atoms with E-state index in [0.29, 0.717) is 16.0 Å². The molecule has 1 aromatic heterocycles. The van der Waals surface area contributed by atoms with Crippen molar-refractivity contribution in [2.75, 3.05) is 11.9 Å². The Hall–Kier alpha value is -0.970. The van der Waals surface area contributed by atoms with E-state index in [9.17, 15) is 0 Å². The van der Waals surface area contributed by atoms with E-state index < -0.39 is 0 Å². The molecule has 0 unspecified atom stereocenters. The third kappa shape index (κ3) is 3.76. The maximum Gasteiger partial charge on any atom is 0.231 e. The van der Waals surface area contributed by atoms with Gasteiger partial charge < -0.3 is 4.90 Å². The Bertz CT molecular complexity index is 665. The summed E-state index contributed by atoms with van der Waals surface area (Å²) >= 11 is 12.1. The average molecular weight is 376 g/mol. The maximum atomic E-state index is 6.11. The minimum Gasteiger partial charge on any atom is -0.314 e. The molecule has 3 rings (SSSR count). The van der Waals surface area contributed by atoms with Gasteiger partial charge in [0, 0.05) is 25.7 Å². The van der Waals surface area contributed by atoms with E-state index in [4.69, 9.17) is 23.2 Å². The summed E-state index contributed by atoms with van der Waals surface area (Å²) in [6.45, 7) is 0. The van der Waals surface area contributed by atoms with Crippen LogP contribution in [0.25, 0.3) is 0 Å². The lowest BCUT2D eigenvalue weighted by Gasteiger charge is -2.22. The standard InChI is InChI=1S/C16H20Cl2N4.ClH/c1-21(12-8-9-13(17)14(18)10-12)16-20-19-15(22(16)2)11-6-4-3-5-7-11;/h8-11H,3-7H2,1-2H3;1H. The lowest BCUT2D eigenvalue weighted by atomic mass is 9.89. The van der Waals surface area contributed by atoms with Crippen molar-refractivity contribution in [3.8, 4) is 0 Å². The van der Waals surface area contributed by atoms with Crippen LogP contribution in [0.4, 0.5) is 11.6 Å². The number of hydrogen-bond donors (Lipinski definition) is 0. The Balaban J connectivity index is 0.00000192. The smallest absolute Gasteiger partial charge is 0.231 e. The average Bonchev–Trinajstić information content (AvgIpc) is 2.92. The minimum absolute atomic E-state index is 0. The third-order valence-corrected chi connectivity index (χ3v) is 5.19. The van der Waals surface area contributed by atoms with Gasteiger partial charge in [0.05, 0.1) is 10.0 Å². The van der Waals surface area contributed by atoms with Crippen LogP contribution in [0, 0.1) is 0 Å². The highest BCUT2D eigenvalue weighted by Gasteiger charge is 2.23. The lowest BCUT2D eigenvalue weighted by molar-refractivity contribution is 0.420. The predicted molar refractivity (Wildman–Crippen MR) is 98.6 cm³/mol. The first-order chi connectivity index (χ1) is 10.6. The Labute approximate surface area is 153 Å². The highest BCUT2D eigenvalue weighted by Crippen LogP contribution is 2.34. The zero-order chi connectivity index (χ0) is 15.7. The van der Waals surface area contributed by atoms with Crippen molar-refractivity contribution >= 4 is 47.2 Å². The summed E-state index contributed by atoms with van der Waals surface area (Å²) in [5.74, 6) is 2.43. The van der Waals surface area contributed by atoms with E-state index in [1.807, 2.05) is 31.1 Å². The van der Waals surface area contributed by atoms with Gasteiger partial charge in [0.25, 0.3) is 0 Å². The molecule has 1 saturated carbocycles. The molecule has 1 fully saturated rings. The second-order valence-electron chi connectivity index (χ2n) is 5.91. The Morgan fingerprint density at radius 3 is 2.43 bits per heavy atom. The van der Waals surface area contributed by atoms with Gasteiger partial charge in [-0.1, -0.05) is 42.5 Å². The molecule has 0 amide bonds. The molecule has 1 aromatic carbocycles. The van der Waals surface area contributed by atoms with Gasteiger partial charge in [-0.2, -0.15) is 0 Å². The van der Waals surface area contributed by atoms with Crippen molar-refractivity contribution in [1.82, 2.24) is 14.8 Å². The zero-order valence-corrected chi connectivity index (χ0v) is 15.6. The number of hydrogen-bond acceptors (Lipinski definition) is 3. The third-order valence-electron chi connectivity index (χ3n) is 4.45. The van der Waals surface area contributed by atoms with Crippen molar-refractivity contribution in [2.45, 2.75) is 38.0 Å². The topological polar surface area (TPSA) is 34.0 Å². The Morgan fingerprint density at radius 1 is 1.09 bits per heavy atom. The van der Waals surface area contributed by atoms with Gasteiger partial charge in [0.1, 0.15) is 5.82 Å². The molecule has 4 nitrogen and oxygen atoms in total. The van der Waals surface area contributed by atoms with E-state index in [1.165, 1.54) is 32.1 Å². The van der Waals surface area contributed by atoms with Crippen molar-refractivity contribution in [3.05, 3.63) is 34.1 Å². The number of aromatic nitrogens is 3. The molecular formula is C16H21Cl3N4. The van der Waals surface area contributed by atoms with Gasteiger partial charge in [-0.05, 0) is 31.0 Å². The summed E-state index contributed by atoms with van der Waals surface area (Å²) in [7, 11) is 4.00. The van der Waals surface area contributed by atoms with Crippen LogP contribution in [0.5, 0.6) is 0 Å². The van der Waals surface area contributed by atoms with Crippen LogP contribution in [0.1, 0.15) is 43.8 Å². The molecule has 0 aliphatic heterocycles. The van der Waals surface area contributed by atoms with E-state index in [1.54, 1.807) is 6.07 Å². The van der Waals surface area contributed by atoms with Crippen molar-refractivity contribution in [1.29, 1.82) is 0 Å². The molecule has 0 radical (unpaired) electrons. The quantitative estimate of drug-likeness (QED) is 0.724. The Morgan fingerprint density at radius 2 is 1.78 bits per heavy atom. The summed E-state index contributed by atoms with van der Waals surface area (Å²) in [5, 5.41) is 9.92. The summed E-state index contributed by atoms with van der Waals surface area (Å²) in [4.78, 5) is 1.99. The molecule has 0 spiro atoms. The summed E-state index contributed by atoms with van der Waals surface area (Å²) in [5.41, 5.74) is 0.945. The number of halogens is 3. The summed E-state index contributed by atoms with van der Waals surface area (Å²) in [6.07, 6.45) is 6.33. The van der Waals surface area contributed by atoms with Crippen LogP contribution in [-0.4, -0.2) is 21.8 Å². The molecule has 0 atom stereocenters. The second-order valence-corrected chi connectivity index (χ2v) is 6.72. The largest absolute Gasteiger partial charge is 0.314 e. The summed E-state index contributed by atoms with van der Waals surface area (Å²) < 4.78 is 2.10. The van der Waals surface area contributed by atoms with Gasteiger partial charge in [-0.15, -0.1) is 22.6 Å². The van der Waals surface area contributed by atoms with E-state index in [-0.39, 0.29) is 12.4 Å². The zero-order valence-electron chi connectivity index (χ0n) is 13.3. The van der Waals surface area contributed by atoms with Crippen LogP contribution in [-0.2, 0) is 7.05 Å². The van der Waals surface area contributed by atoms with E-state index in [0.717, 1.165) is 17.5 Å². The predicted octanol–water partition coefficient (Wildman–Crippen LogP) is 5.36. The lowest BCUT2D eigenvalue weighted by Crippen LogP contribution is -2.16. The summed E-state index contributed by atoms with van der Waals surface area (Å²) in [6, 6.07) is 5.58. The molecule has 1 heterocycles. The fourth-order valence-corrected chi connectivity index (χ4v) is 3.44. The normalized spacial score (nSPS) is 15.3. The fraction of sp³-hybridized carbons (Fsp3) is 0.500. The van der Waals surface area contributed by atoms with Crippen molar-refractivity contribution < 1.29 is 0 Å². The molecule has 0 N–H and O–H groups in total. The van der Waals surface area contributed by atoms with E-state index >= 15 is 0 Å². The van der Waals surface area contributed by atoms with Crippen LogP contribution in [0.2, 0.25) is 10.0 Å². The van der Waals surface area contributed by atoms with Gasteiger partial charge in [-0.25, -0.2) is 0 Å². The SMILES string of the molecule is CN(c1ccc(Cl)c(Cl)c1)c1nnc(C2CCCCC2)n1C.Cl.